The first-order chi connectivity index (χ1) is 13.1. The lowest BCUT2D eigenvalue weighted by atomic mass is 10.0. The molecule has 2 aromatic carbocycles. The maximum atomic E-state index is 13.1. The number of carbonyl (C=O) groups is 1. The fourth-order valence-corrected chi connectivity index (χ4v) is 2.83. The van der Waals surface area contributed by atoms with Crippen LogP contribution in [0.3, 0.4) is 0 Å². The van der Waals surface area contributed by atoms with Gasteiger partial charge in [-0.15, -0.1) is 0 Å². The standard InChI is InChI=1S/C20H15ClF3N3O/c1-11-2-7-14(10-16(11)20(22,23)24)26-19(28)15-8-9-17(21)27-18(15)12-3-5-13(25)6-4-12/h2-10H,25H2,1H3,(H,26,28). The Bertz CT molecular complexity index is 1030. The first-order valence-corrected chi connectivity index (χ1v) is 8.54. The number of alkyl halides is 3. The Morgan fingerprint density at radius 3 is 2.39 bits per heavy atom. The lowest BCUT2D eigenvalue weighted by Gasteiger charge is -2.14. The topological polar surface area (TPSA) is 68.0 Å². The molecule has 0 aliphatic carbocycles. The zero-order valence-corrected chi connectivity index (χ0v) is 15.4. The summed E-state index contributed by atoms with van der Waals surface area (Å²) in [5.41, 5.74) is 6.58. The predicted molar refractivity (Wildman–Crippen MR) is 103 cm³/mol. The Morgan fingerprint density at radius 1 is 1.07 bits per heavy atom. The van der Waals surface area contributed by atoms with Crippen molar-refractivity contribution in [1.29, 1.82) is 0 Å². The van der Waals surface area contributed by atoms with Crippen molar-refractivity contribution in [3.8, 4) is 11.3 Å². The molecular weight excluding hydrogens is 391 g/mol. The van der Waals surface area contributed by atoms with E-state index in [-0.39, 0.29) is 22.0 Å². The molecule has 0 saturated heterocycles. The Kier molecular flexibility index (Phi) is 5.29. The Balaban J connectivity index is 1.97. The molecule has 144 valence electrons. The van der Waals surface area contributed by atoms with Crippen molar-refractivity contribution in [2.45, 2.75) is 13.1 Å². The molecule has 4 nitrogen and oxygen atoms in total. The SMILES string of the molecule is Cc1ccc(NC(=O)c2ccc(Cl)nc2-c2ccc(N)cc2)cc1C(F)(F)F. The van der Waals surface area contributed by atoms with E-state index >= 15 is 0 Å². The number of pyridine rings is 1. The van der Waals surface area contributed by atoms with Gasteiger partial charge in [-0.2, -0.15) is 13.2 Å². The average Bonchev–Trinajstić information content (AvgIpc) is 2.63. The third kappa shape index (κ3) is 4.26. The number of nitrogens with one attached hydrogen (secondary N) is 1. The van der Waals surface area contributed by atoms with Gasteiger partial charge in [0.2, 0.25) is 0 Å². The molecule has 0 saturated carbocycles. The first kappa shape index (κ1) is 19.7. The van der Waals surface area contributed by atoms with Crippen LogP contribution in [-0.2, 0) is 6.18 Å². The van der Waals surface area contributed by atoms with Gasteiger partial charge in [0.05, 0.1) is 16.8 Å². The van der Waals surface area contributed by atoms with Gasteiger partial charge in [-0.1, -0.05) is 29.8 Å². The number of nitrogens with two attached hydrogens (primary N) is 1. The van der Waals surface area contributed by atoms with Gasteiger partial charge in [-0.05, 0) is 48.9 Å². The fraction of sp³-hybridized carbons (Fsp3) is 0.100. The number of nitrogens with zero attached hydrogens (tertiary/aromatic N) is 1. The van der Waals surface area contributed by atoms with E-state index in [2.05, 4.69) is 10.3 Å². The molecule has 0 fully saturated rings. The Labute approximate surface area is 164 Å². The molecule has 0 aliphatic heterocycles. The molecular formula is C20H15ClF3N3O. The lowest BCUT2D eigenvalue weighted by Crippen LogP contribution is -2.15. The van der Waals surface area contributed by atoms with Gasteiger partial charge in [-0.3, -0.25) is 4.79 Å². The number of nitrogen functional groups attached to an aromatic ring is 1. The second-order valence-electron chi connectivity index (χ2n) is 6.13. The smallest absolute Gasteiger partial charge is 0.399 e. The highest BCUT2D eigenvalue weighted by molar-refractivity contribution is 6.29. The number of aromatic nitrogens is 1. The maximum absolute atomic E-state index is 13.1. The van der Waals surface area contributed by atoms with E-state index in [1.54, 1.807) is 24.3 Å². The normalized spacial score (nSPS) is 11.3. The highest BCUT2D eigenvalue weighted by atomic mass is 35.5. The summed E-state index contributed by atoms with van der Waals surface area (Å²) in [4.78, 5) is 16.9. The zero-order valence-electron chi connectivity index (χ0n) is 14.6. The summed E-state index contributed by atoms with van der Waals surface area (Å²) in [5.74, 6) is -0.604. The largest absolute Gasteiger partial charge is 0.416 e. The summed E-state index contributed by atoms with van der Waals surface area (Å²) in [6.45, 7) is 1.36. The minimum absolute atomic E-state index is 0.0288. The monoisotopic (exact) mass is 405 g/mol. The van der Waals surface area contributed by atoms with Gasteiger partial charge in [0, 0.05) is 16.9 Å². The van der Waals surface area contributed by atoms with Crippen LogP contribution in [-0.4, -0.2) is 10.9 Å². The van der Waals surface area contributed by atoms with E-state index in [1.807, 2.05) is 0 Å². The van der Waals surface area contributed by atoms with E-state index in [4.69, 9.17) is 17.3 Å². The second kappa shape index (κ2) is 7.52. The molecule has 0 bridgehead atoms. The number of amides is 1. The number of carbonyl (C=O) groups excluding carboxylic acids is 1. The molecule has 3 N–H and O–H groups in total. The molecule has 8 heteroatoms. The van der Waals surface area contributed by atoms with Crippen LogP contribution in [0.5, 0.6) is 0 Å². The summed E-state index contributed by atoms with van der Waals surface area (Å²) in [5, 5.41) is 2.67. The number of aryl methyl sites for hydroxylation is 1. The van der Waals surface area contributed by atoms with Gasteiger partial charge in [0.15, 0.2) is 0 Å². The van der Waals surface area contributed by atoms with Crippen LogP contribution in [0.15, 0.2) is 54.6 Å². The van der Waals surface area contributed by atoms with E-state index in [0.29, 0.717) is 16.9 Å². The summed E-state index contributed by atoms with van der Waals surface area (Å²) in [7, 11) is 0. The molecule has 0 unspecified atom stereocenters. The van der Waals surface area contributed by atoms with E-state index in [9.17, 15) is 18.0 Å². The van der Waals surface area contributed by atoms with E-state index in [0.717, 1.165) is 6.07 Å². The van der Waals surface area contributed by atoms with Crippen molar-refractivity contribution in [1.82, 2.24) is 4.98 Å². The van der Waals surface area contributed by atoms with Crippen molar-refractivity contribution in [3.63, 3.8) is 0 Å². The summed E-state index contributed by atoms with van der Waals surface area (Å²) >= 11 is 5.96. The van der Waals surface area contributed by atoms with E-state index < -0.39 is 17.6 Å². The van der Waals surface area contributed by atoms with Gasteiger partial charge >= 0.3 is 6.18 Å². The third-order valence-corrected chi connectivity index (χ3v) is 4.30. The van der Waals surface area contributed by atoms with Crippen LogP contribution in [0.1, 0.15) is 21.5 Å². The molecule has 1 amide bonds. The molecule has 3 aromatic rings. The number of anilines is 2. The fourth-order valence-electron chi connectivity index (χ4n) is 2.68. The summed E-state index contributed by atoms with van der Waals surface area (Å²) < 4.78 is 39.3. The molecule has 0 radical (unpaired) electrons. The van der Waals surface area contributed by atoms with Gasteiger partial charge in [0.25, 0.3) is 5.91 Å². The molecule has 1 heterocycles. The molecule has 0 atom stereocenters. The Morgan fingerprint density at radius 2 is 1.75 bits per heavy atom. The van der Waals surface area contributed by atoms with Crippen LogP contribution in [0.4, 0.5) is 24.5 Å². The maximum Gasteiger partial charge on any atom is 0.416 e. The van der Waals surface area contributed by atoms with Crippen LogP contribution in [0.25, 0.3) is 11.3 Å². The number of halogens is 4. The van der Waals surface area contributed by atoms with Crippen LogP contribution >= 0.6 is 11.6 Å². The van der Waals surface area contributed by atoms with Gasteiger partial charge < -0.3 is 11.1 Å². The highest BCUT2D eigenvalue weighted by Crippen LogP contribution is 2.34. The van der Waals surface area contributed by atoms with Crippen LogP contribution in [0.2, 0.25) is 5.15 Å². The second-order valence-corrected chi connectivity index (χ2v) is 6.52. The number of rotatable bonds is 3. The van der Waals surface area contributed by atoms with Crippen molar-refractivity contribution in [3.05, 3.63) is 76.4 Å². The summed E-state index contributed by atoms with van der Waals surface area (Å²) in [6.07, 6.45) is -4.51. The third-order valence-electron chi connectivity index (χ3n) is 4.09. The van der Waals surface area contributed by atoms with Crippen molar-refractivity contribution in [2.75, 3.05) is 11.1 Å². The van der Waals surface area contributed by atoms with Crippen molar-refractivity contribution in [2.24, 2.45) is 0 Å². The first-order valence-electron chi connectivity index (χ1n) is 8.17. The molecule has 0 aliphatic rings. The lowest BCUT2D eigenvalue weighted by molar-refractivity contribution is -0.138. The van der Waals surface area contributed by atoms with Crippen molar-refractivity contribution < 1.29 is 18.0 Å². The highest BCUT2D eigenvalue weighted by Gasteiger charge is 2.32. The quantitative estimate of drug-likeness (QED) is 0.442. The van der Waals surface area contributed by atoms with Crippen molar-refractivity contribution >= 4 is 28.9 Å². The average molecular weight is 406 g/mol. The number of hydrogen-bond donors (Lipinski definition) is 2. The van der Waals surface area contributed by atoms with Gasteiger partial charge in [-0.25, -0.2) is 4.98 Å². The zero-order chi connectivity index (χ0) is 20.5. The van der Waals surface area contributed by atoms with Crippen LogP contribution < -0.4 is 11.1 Å². The van der Waals surface area contributed by atoms with Crippen LogP contribution in [0, 0.1) is 6.92 Å². The number of hydrogen-bond acceptors (Lipinski definition) is 3. The minimum atomic E-state index is -4.51. The number of benzene rings is 2. The van der Waals surface area contributed by atoms with E-state index in [1.165, 1.54) is 31.2 Å². The molecule has 28 heavy (non-hydrogen) atoms. The molecule has 0 spiro atoms. The molecule has 3 rings (SSSR count). The Hall–Kier alpha value is -3.06. The summed E-state index contributed by atoms with van der Waals surface area (Å²) in [6, 6.07) is 13.2. The van der Waals surface area contributed by atoms with Gasteiger partial charge in [0.1, 0.15) is 5.15 Å². The minimum Gasteiger partial charge on any atom is -0.399 e. The predicted octanol–water partition coefficient (Wildman–Crippen LogP) is 5.56. The molecule has 1 aromatic heterocycles.